The number of phenols is 1. The van der Waals surface area contributed by atoms with Crippen LogP contribution in [0.5, 0.6) is 5.75 Å². The molecule has 0 aliphatic carbocycles. The lowest BCUT2D eigenvalue weighted by atomic mass is 9.93. The van der Waals surface area contributed by atoms with E-state index >= 15 is 0 Å². The number of rotatable bonds is 20. The lowest BCUT2D eigenvalue weighted by Gasteiger charge is -2.31. The zero-order valence-corrected chi connectivity index (χ0v) is 37.1. The number of hydrogen-bond acceptors (Lipinski definition) is 11. The maximum Gasteiger partial charge on any atom is 0.269 e. The second-order valence-corrected chi connectivity index (χ2v) is 18.9. The van der Waals surface area contributed by atoms with Crippen LogP contribution in [0.2, 0.25) is 0 Å². The molecule has 17 heteroatoms. The molecule has 0 radical (unpaired) electrons. The average molecular weight is 927 g/mol. The number of hydrogen-bond donors (Lipinski definition) is 5. The summed E-state index contributed by atoms with van der Waals surface area (Å²) < 4.78 is 61.6. The maximum atomic E-state index is 14.0. The Bertz CT molecular complexity index is 2790. The summed E-state index contributed by atoms with van der Waals surface area (Å²) in [6.07, 6.45) is 0. The number of aromatic hydroxyl groups is 1. The van der Waals surface area contributed by atoms with Gasteiger partial charge in [-0.1, -0.05) is 139 Å². The molecule has 66 heavy (non-hydrogen) atoms. The highest BCUT2D eigenvalue weighted by atomic mass is 32.2. The zero-order valence-electron chi connectivity index (χ0n) is 35.5. The minimum Gasteiger partial charge on any atom is -0.507 e. The van der Waals surface area contributed by atoms with Crippen LogP contribution in [0.15, 0.2) is 192 Å². The molecule has 7 rings (SSSR count). The molecule has 0 bridgehead atoms. The Kier molecular flexibility index (Phi) is 14.8. The van der Waals surface area contributed by atoms with Crippen LogP contribution in [0.3, 0.4) is 0 Å². The van der Waals surface area contributed by atoms with Gasteiger partial charge in [-0.3, -0.25) is 20.2 Å². The summed E-state index contributed by atoms with van der Waals surface area (Å²) >= 11 is 0. The smallest absolute Gasteiger partial charge is 0.269 e. The quantitative estimate of drug-likeness (QED) is 0.0360. The first kappa shape index (κ1) is 46.9. The van der Waals surface area contributed by atoms with Crippen LogP contribution in [0.25, 0.3) is 0 Å². The molecule has 0 fully saturated rings. The fourth-order valence-electron chi connectivity index (χ4n) is 7.76. The molecule has 0 spiro atoms. The topological polar surface area (TPSA) is 223 Å². The second-order valence-electron chi connectivity index (χ2n) is 15.5. The highest BCUT2D eigenvalue weighted by Gasteiger charge is 2.32. The summed E-state index contributed by atoms with van der Waals surface area (Å²) in [5.41, 5.74) is 4.06. The number of phenolic OH excluding ortho intramolecular Hbond substituents is 1. The zero-order chi connectivity index (χ0) is 46.8. The number of nitrogens with one attached hydrogen (secondary N) is 4. The Labute approximate surface area is 382 Å². The van der Waals surface area contributed by atoms with Gasteiger partial charge in [0.05, 0.1) is 43.8 Å². The van der Waals surface area contributed by atoms with Crippen LogP contribution in [0.1, 0.15) is 63.1 Å². The van der Waals surface area contributed by atoms with Crippen LogP contribution >= 0.6 is 0 Å². The van der Waals surface area contributed by atoms with E-state index < -0.39 is 54.1 Å². The molecule has 0 amide bonds. The SMILES string of the molecule is Cc1cc(CN[C@H](c2ccccc2)[C@H](NS(=O)(=O)c2ccc([N+](=O)[O-])cc2)c2ccccc2)c(O)c(CN[C@H](c2ccccc2)[C@H](NS(=O)(=O)c2ccc([N+](=O)[O-])cc2)c2ccccc2)c1. The molecule has 0 aliphatic rings. The van der Waals surface area contributed by atoms with Crippen molar-refractivity contribution < 1.29 is 31.8 Å². The van der Waals surface area contributed by atoms with Gasteiger partial charge in [0, 0.05) is 48.5 Å². The van der Waals surface area contributed by atoms with Gasteiger partial charge < -0.3 is 15.7 Å². The van der Waals surface area contributed by atoms with E-state index in [0.29, 0.717) is 22.3 Å². The largest absolute Gasteiger partial charge is 0.507 e. The third-order valence-electron chi connectivity index (χ3n) is 11.0. The minimum atomic E-state index is -4.24. The van der Waals surface area contributed by atoms with Gasteiger partial charge in [0.1, 0.15) is 5.75 Å². The first-order valence-corrected chi connectivity index (χ1v) is 23.7. The number of nitro benzene ring substituents is 2. The van der Waals surface area contributed by atoms with E-state index in [2.05, 4.69) is 20.1 Å². The number of non-ortho nitro benzene ring substituents is 2. The Morgan fingerprint density at radius 1 is 0.470 bits per heavy atom. The highest BCUT2D eigenvalue weighted by Crippen LogP contribution is 2.35. The highest BCUT2D eigenvalue weighted by molar-refractivity contribution is 7.89. The van der Waals surface area contributed by atoms with E-state index in [1.165, 1.54) is 24.3 Å². The molecule has 0 heterocycles. The Morgan fingerprint density at radius 3 is 1.05 bits per heavy atom. The van der Waals surface area contributed by atoms with Crippen molar-refractivity contribution in [3.05, 3.63) is 241 Å². The standard InChI is InChI=1S/C49H46N6O9S2/c1-34-30-39(32-50-45(35-14-6-2-7-15-35)47(37-18-10-4-11-19-37)52-65(61,62)43-26-22-41(23-27-43)54(57)58)49(56)40(31-34)33-51-46(36-16-8-3-9-17-36)48(38-20-12-5-13-21-38)53-66(63,64)44-28-24-42(25-29-44)55(59)60/h2-31,45-48,50-53,56H,32-33H2,1H3/t45-,46-,47-,48-/m1/s1. The molecular weight excluding hydrogens is 881 g/mol. The van der Waals surface area contributed by atoms with Gasteiger partial charge in [0.2, 0.25) is 20.0 Å². The van der Waals surface area contributed by atoms with E-state index in [1.54, 1.807) is 48.5 Å². The first-order chi connectivity index (χ1) is 31.7. The molecular formula is C49H46N6O9S2. The molecule has 15 nitrogen and oxygen atoms in total. The number of nitrogens with zero attached hydrogens (tertiary/aromatic N) is 2. The Morgan fingerprint density at radius 2 is 0.758 bits per heavy atom. The van der Waals surface area contributed by atoms with Crippen molar-refractivity contribution in [2.75, 3.05) is 0 Å². The summed E-state index contributed by atoms with van der Waals surface area (Å²) in [5, 5.41) is 41.7. The second kappa shape index (κ2) is 20.8. The molecule has 4 atom stereocenters. The lowest BCUT2D eigenvalue weighted by molar-refractivity contribution is -0.385. The van der Waals surface area contributed by atoms with E-state index in [0.717, 1.165) is 41.0 Å². The van der Waals surface area contributed by atoms with Gasteiger partial charge in [-0.15, -0.1) is 0 Å². The van der Waals surface area contributed by atoms with Crippen molar-refractivity contribution in [2.45, 2.75) is 54.0 Å². The van der Waals surface area contributed by atoms with Crippen molar-refractivity contribution >= 4 is 31.4 Å². The predicted octanol–water partition coefficient (Wildman–Crippen LogP) is 8.62. The predicted molar refractivity (Wildman–Crippen MR) is 250 cm³/mol. The molecule has 0 aliphatic heterocycles. The van der Waals surface area contributed by atoms with E-state index in [4.69, 9.17) is 0 Å². The normalized spacial score (nSPS) is 13.6. The van der Waals surface area contributed by atoms with Gasteiger partial charge in [-0.05, 0) is 53.4 Å². The van der Waals surface area contributed by atoms with E-state index in [9.17, 15) is 42.2 Å². The summed E-state index contributed by atoms with van der Waals surface area (Å²) in [5.74, 6) is -0.0373. The number of aryl methyl sites for hydroxylation is 1. The van der Waals surface area contributed by atoms with Crippen molar-refractivity contribution in [3.63, 3.8) is 0 Å². The summed E-state index contributed by atoms with van der Waals surface area (Å²) in [6.45, 7) is 2.03. The summed E-state index contributed by atoms with van der Waals surface area (Å²) in [6, 6.07) is 46.2. The van der Waals surface area contributed by atoms with Crippen LogP contribution in [0.4, 0.5) is 11.4 Å². The third-order valence-corrected chi connectivity index (χ3v) is 13.9. The number of benzene rings is 7. The van der Waals surface area contributed by atoms with Crippen LogP contribution in [0, 0.1) is 27.2 Å². The van der Waals surface area contributed by atoms with Crippen molar-refractivity contribution in [1.29, 1.82) is 0 Å². The van der Waals surface area contributed by atoms with Crippen molar-refractivity contribution in [1.82, 2.24) is 20.1 Å². The van der Waals surface area contributed by atoms with E-state index in [-0.39, 0.29) is 40.0 Å². The van der Waals surface area contributed by atoms with Crippen LogP contribution in [-0.2, 0) is 33.1 Å². The third kappa shape index (κ3) is 11.4. The Balaban J connectivity index is 1.20. The number of sulfonamides is 2. The van der Waals surface area contributed by atoms with Gasteiger partial charge in [0.15, 0.2) is 0 Å². The molecule has 0 saturated carbocycles. The average Bonchev–Trinajstić information content (AvgIpc) is 3.33. The maximum absolute atomic E-state index is 14.0. The molecule has 7 aromatic rings. The fraction of sp³-hybridized carbons (Fsp3) is 0.143. The fourth-order valence-corrected chi connectivity index (χ4v) is 10.2. The molecule has 0 saturated heterocycles. The monoisotopic (exact) mass is 926 g/mol. The molecule has 7 aromatic carbocycles. The Hall–Kier alpha value is -7.12. The van der Waals surface area contributed by atoms with Crippen molar-refractivity contribution in [3.8, 4) is 5.75 Å². The number of nitro groups is 2. The lowest BCUT2D eigenvalue weighted by Crippen LogP contribution is -2.38. The molecule has 0 unspecified atom stereocenters. The molecule has 0 aromatic heterocycles. The van der Waals surface area contributed by atoms with Crippen molar-refractivity contribution in [2.24, 2.45) is 0 Å². The molecule has 338 valence electrons. The van der Waals surface area contributed by atoms with Crippen LogP contribution in [-0.4, -0.2) is 31.8 Å². The van der Waals surface area contributed by atoms with Gasteiger partial charge in [-0.2, -0.15) is 0 Å². The van der Waals surface area contributed by atoms with Crippen LogP contribution < -0.4 is 20.1 Å². The summed E-state index contributed by atoms with van der Waals surface area (Å²) in [7, 11) is -8.49. The summed E-state index contributed by atoms with van der Waals surface area (Å²) in [4.78, 5) is 21.1. The van der Waals surface area contributed by atoms with Gasteiger partial charge in [-0.25, -0.2) is 26.3 Å². The van der Waals surface area contributed by atoms with E-state index in [1.807, 2.05) is 91.9 Å². The first-order valence-electron chi connectivity index (χ1n) is 20.7. The molecule has 5 N–H and O–H groups in total. The van der Waals surface area contributed by atoms with Gasteiger partial charge in [0.25, 0.3) is 11.4 Å². The minimum absolute atomic E-state index is 0.0373. The van der Waals surface area contributed by atoms with Gasteiger partial charge >= 0.3 is 0 Å².